The monoisotopic (exact) mass is 350 g/mol. The summed E-state index contributed by atoms with van der Waals surface area (Å²) in [5.41, 5.74) is 0.543. The van der Waals surface area contributed by atoms with Crippen LogP contribution in [0.5, 0.6) is 11.5 Å². The van der Waals surface area contributed by atoms with Gasteiger partial charge in [0.05, 0.1) is 6.54 Å². The summed E-state index contributed by atoms with van der Waals surface area (Å²) in [6, 6.07) is 9.30. The number of fused-ring (bicyclic) bond motifs is 1. The van der Waals surface area contributed by atoms with E-state index in [9.17, 15) is 4.79 Å². The highest BCUT2D eigenvalue weighted by Gasteiger charge is 2.24. The third-order valence-electron chi connectivity index (χ3n) is 3.27. The number of nitrogens with one attached hydrogen (secondary N) is 1. The SMILES string of the molecule is CN(C[C@H]1COc2ccccc2O1)C(=O)c1cc(Br)c[nH]1. The lowest BCUT2D eigenvalue weighted by Gasteiger charge is -2.29. The Morgan fingerprint density at radius 3 is 2.90 bits per heavy atom. The molecule has 6 heteroatoms. The number of para-hydroxylation sites is 2. The number of carbonyl (C=O) groups excluding carboxylic acids is 1. The molecule has 0 fully saturated rings. The summed E-state index contributed by atoms with van der Waals surface area (Å²) in [6.07, 6.45) is 1.56. The molecule has 1 N–H and O–H groups in total. The molecule has 0 saturated carbocycles. The first-order valence-electron chi connectivity index (χ1n) is 6.61. The molecule has 1 aromatic heterocycles. The first kappa shape index (κ1) is 14.0. The minimum Gasteiger partial charge on any atom is -0.486 e. The summed E-state index contributed by atoms with van der Waals surface area (Å²) in [5.74, 6) is 1.39. The van der Waals surface area contributed by atoms with Crippen molar-refractivity contribution in [3.8, 4) is 11.5 Å². The van der Waals surface area contributed by atoms with E-state index in [1.54, 1.807) is 24.2 Å². The Morgan fingerprint density at radius 2 is 2.19 bits per heavy atom. The zero-order valence-electron chi connectivity index (χ0n) is 11.5. The third-order valence-corrected chi connectivity index (χ3v) is 3.73. The van der Waals surface area contributed by atoms with Crippen LogP contribution in [-0.2, 0) is 0 Å². The van der Waals surface area contributed by atoms with Crippen LogP contribution in [0.15, 0.2) is 41.0 Å². The zero-order valence-corrected chi connectivity index (χ0v) is 13.1. The lowest BCUT2D eigenvalue weighted by atomic mass is 10.2. The number of H-pyrrole nitrogens is 1. The lowest BCUT2D eigenvalue weighted by molar-refractivity contribution is 0.0518. The predicted octanol–water partition coefficient (Wildman–Crippen LogP) is 2.69. The molecule has 1 atom stereocenters. The summed E-state index contributed by atoms with van der Waals surface area (Å²) in [6.45, 7) is 0.896. The standard InChI is InChI=1S/C15H15BrN2O3/c1-18(15(19)12-6-10(16)7-17-12)8-11-9-20-13-4-2-3-5-14(13)21-11/h2-7,11,17H,8-9H2,1H3/t11-/m0/s1. The number of hydrogen-bond donors (Lipinski definition) is 1. The van der Waals surface area contributed by atoms with Gasteiger partial charge in [0.1, 0.15) is 12.3 Å². The highest BCUT2D eigenvalue weighted by atomic mass is 79.9. The summed E-state index contributed by atoms with van der Waals surface area (Å²) >= 11 is 3.32. The molecule has 0 unspecified atom stereocenters. The van der Waals surface area contributed by atoms with Gasteiger partial charge in [-0.25, -0.2) is 0 Å². The van der Waals surface area contributed by atoms with Crippen LogP contribution in [-0.4, -0.2) is 42.1 Å². The van der Waals surface area contributed by atoms with E-state index in [4.69, 9.17) is 9.47 Å². The molecule has 1 amide bonds. The van der Waals surface area contributed by atoms with Crippen LogP contribution in [0.25, 0.3) is 0 Å². The van der Waals surface area contributed by atoms with Gasteiger partial charge in [-0.2, -0.15) is 0 Å². The Morgan fingerprint density at radius 1 is 1.43 bits per heavy atom. The number of hydrogen-bond acceptors (Lipinski definition) is 3. The average Bonchev–Trinajstić information content (AvgIpc) is 2.93. The van der Waals surface area contributed by atoms with Crippen molar-refractivity contribution in [1.29, 1.82) is 0 Å². The van der Waals surface area contributed by atoms with Crippen molar-refractivity contribution in [2.75, 3.05) is 20.2 Å². The van der Waals surface area contributed by atoms with Gasteiger partial charge >= 0.3 is 0 Å². The Labute approximate surface area is 131 Å². The smallest absolute Gasteiger partial charge is 0.270 e. The third kappa shape index (κ3) is 3.05. The Kier molecular flexibility index (Phi) is 3.88. The molecule has 0 bridgehead atoms. The number of aromatic nitrogens is 1. The number of rotatable bonds is 3. The summed E-state index contributed by atoms with van der Waals surface area (Å²) < 4.78 is 12.4. The second-order valence-corrected chi connectivity index (χ2v) is 5.83. The van der Waals surface area contributed by atoms with Gasteiger partial charge in [0.25, 0.3) is 5.91 Å². The van der Waals surface area contributed by atoms with Crippen LogP contribution in [0.2, 0.25) is 0 Å². The second kappa shape index (κ2) is 5.81. The highest BCUT2D eigenvalue weighted by molar-refractivity contribution is 9.10. The van der Waals surface area contributed by atoms with E-state index in [0.717, 1.165) is 16.0 Å². The minimum absolute atomic E-state index is 0.0804. The number of nitrogens with zero attached hydrogens (tertiary/aromatic N) is 1. The first-order valence-corrected chi connectivity index (χ1v) is 7.40. The number of ether oxygens (including phenoxy) is 2. The lowest BCUT2D eigenvalue weighted by Crippen LogP contribution is -2.41. The maximum Gasteiger partial charge on any atom is 0.270 e. The van der Waals surface area contributed by atoms with E-state index in [-0.39, 0.29) is 12.0 Å². The highest BCUT2D eigenvalue weighted by Crippen LogP contribution is 2.31. The maximum absolute atomic E-state index is 12.3. The Balaban J connectivity index is 1.63. The molecule has 2 aromatic rings. The van der Waals surface area contributed by atoms with Crippen LogP contribution in [0.1, 0.15) is 10.5 Å². The van der Waals surface area contributed by atoms with Crippen LogP contribution < -0.4 is 9.47 Å². The summed E-state index contributed by atoms with van der Waals surface area (Å²) in [4.78, 5) is 16.8. The van der Waals surface area contributed by atoms with Gasteiger partial charge in [0.2, 0.25) is 0 Å². The number of carbonyl (C=O) groups is 1. The van der Waals surface area contributed by atoms with Crippen LogP contribution >= 0.6 is 15.9 Å². The van der Waals surface area contributed by atoms with Gasteiger partial charge in [-0.05, 0) is 34.1 Å². The molecular weight excluding hydrogens is 336 g/mol. The maximum atomic E-state index is 12.3. The quantitative estimate of drug-likeness (QED) is 0.925. The van der Waals surface area contributed by atoms with Crippen molar-refractivity contribution < 1.29 is 14.3 Å². The van der Waals surface area contributed by atoms with Gasteiger partial charge in [0, 0.05) is 17.7 Å². The topological polar surface area (TPSA) is 54.6 Å². The van der Waals surface area contributed by atoms with Gasteiger partial charge in [0.15, 0.2) is 17.6 Å². The molecule has 1 aromatic carbocycles. The van der Waals surface area contributed by atoms with Gasteiger partial charge in [-0.3, -0.25) is 4.79 Å². The van der Waals surface area contributed by atoms with Crippen LogP contribution in [0.4, 0.5) is 0 Å². The predicted molar refractivity (Wildman–Crippen MR) is 81.8 cm³/mol. The summed E-state index contributed by atoms with van der Waals surface area (Å²) in [7, 11) is 1.75. The molecular formula is C15H15BrN2O3. The van der Waals surface area contributed by atoms with Crippen molar-refractivity contribution in [1.82, 2.24) is 9.88 Å². The van der Waals surface area contributed by atoms with Crippen molar-refractivity contribution in [2.24, 2.45) is 0 Å². The molecule has 0 saturated heterocycles. The van der Waals surface area contributed by atoms with Gasteiger partial charge in [-0.1, -0.05) is 12.1 Å². The normalized spacial score (nSPS) is 16.6. The molecule has 0 aliphatic carbocycles. The molecule has 1 aliphatic heterocycles. The molecule has 3 rings (SSSR count). The Bertz CT molecular complexity index is 656. The van der Waals surface area contributed by atoms with E-state index in [0.29, 0.717) is 18.8 Å². The first-order chi connectivity index (χ1) is 10.1. The minimum atomic E-state index is -0.174. The molecule has 21 heavy (non-hydrogen) atoms. The number of benzene rings is 1. The van der Waals surface area contributed by atoms with Crippen LogP contribution in [0.3, 0.4) is 0 Å². The zero-order chi connectivity index (χ0) is 14.8. The van der Waals surface area contributed by atoms with Crippen molar-refractivity contribution in [3.05, 3.63) is 46.7 Å². The second-order valence-electron chi connectivity index (χ2n) is 4.91. The van der Waals surface area contributed by atoms with Crippen molar-refractivity contribution >= 4 is 21.8 Å². The molecule has 5 nitrogen and oxygen atoms in total. The largest absolute Gasteiger partial charge is 0.486 e. The fourth-order valence-electron chi connectivity index (χ4n) is 2.24. The number of aromatic amines is 1. The van der Waals surface area contributed by atoms with Crippen molar-refractivity contribution in [2.45, 2.75) is 6.10 Å². The van der Waals surface area contributed by atoms with E-state index >= 15 is 0 Å². The average molecular weight is 351 g/mol. The molecule has 1 aliphatic rings. The molecule has 0 radical (unpaired) electrons. The van der Waals surface area contributed by atoms with Gasteiger partial charge < -0.3 is 19.4 Å². The van der Waals surface area contributed by atoms with Crippen molar-refractivity contribution in [3.63, 3.8) is 0 Å². The van der Waals surface area contributed by atoms with Crippen LogP contribution in [0, 0.1) is 0 Å². The van der Waals surface area contributed by atoms with Gasteiger partial charge in [-0.15, -0.1) is 0 Å². The number of amides is 1. The number of halogens is 1. The van der Waals surface area contributed by atoms with E-state index in [1.807, 2.05) is 24.3 Å². The fourth-order valence-corrected chi connectivity index (χ4v) is 2.58. The van der Waals surface area contributed by atoms with E-state index in [2.05, 4.69) is 20.9 Å². The fraction of sp³-hybridized carbons (Fsp3) is 0.267. The molecule has 110 valence electrons. The summed E-state index contributed by atoms with van der Waals surface area (Å²) in [5, 5.41) is 0. The van der Waals surface area contributed by atoms with E-state index < -0.39 is 0 Å². The molecule has 2 heterocycles. The number of likely N-dealkylation sites (N-methyl/N-ethyl adjacent to an activating group) is 1. The Hall–Kier alpha value is -1.95. The molecule has 0 spiro atoms. The van der Waals surface area contributed by atoms with E-state index in [1.165, 1.54) is 0 Å².